The van der Waals surface area contributed by atoms with Crippen LogP contribution in [-0.4, -0.2) is 167 Å². The highest BCUT2D eigenvalue weighted by Crippen LogP contribution is 2.39. The Morgan fingerprint density at radius 2 is 0.773 bits per heavy atom. The number of nitrogens with zero attached hydrogens (tertiary/aromatic N) is 4. The topological polar surface area (TPSA) is 108 Å². The lowest BCUT2D eigenvalue weighted by atomic mass is 10.0. The van der Waals surface area contributed by atoms with Crippen LogP contribution in [-0.2, 0) is 55.0 Å². The smallest absolute Gasteiger partial charge is 0.206 e. The van der Waals surface area contributed by atoms with Gasteiger partial charge in [-0.05, 0) is 72.8 Å². The molecule has 0 unspecified atom stereocenters. The van der Waals surface area contributed by atoms with Gasteiger partial charge in [0, 0.05) is 0 Å². The van der Waals surface area contributed by atoms with Crippen LogP contribution in [0.25, 0.3) is 0 Å². The molecule has 0 radical (unpaired) electrons. The van der Waals surface area contributed by atoms with Crippen molar-refractivity contribution in [3.05, 3.63) is 108 Å². The summed E-state index contributed by atoms with van der Waals surface area (Å²) in [6.07, 6.45) is 1.48. The summed E-state index contributed by atoms with van der Waals surface area (Å²) in [5, 5.41) is 0. The van der Waals surface area contributed by atoms with E-state index in [0.29, 0.717) is 63.4 Å². The number of morpholine rings is 4. The Balaban J connectivity index is 1.03. The minimum atomic E-state index is -3.88. The van der Waals surface area contributed by atoms with Gasteiger partial charge in [-0.1, -0.05) is 6.58 Å². The van der Waals surface area contributed by atoms with Crippen molar-refractivity contribution in [3.8, 4) is 34.5 Å². The first kappa shape index (κ1) is 47.9. The van der Waals surface area contributed by atoms with Gasteiger partial charge in [0.2, 0.25) is 9.84 Å². The molecule has 66 heavy (non-hydrogen) atoms. The first-order valence-electron chi connectivity index (χ1n) is 23.3. The molecule has 0 aromatic heterocycles. The molecule has 0 aliphatic carbocycles. The van der Waals surface area contributed by atoms with Crippen molar-refractivity contribution in [1.29, 1.82) is 0 Å². The fraction of sp³-hybridized carbons (Fsp3) is 0.490. The predicted octanol–water partition coefficient (Wildman–Crippen LogP) is 6.54. The van der Waals surface area contributed by atoms with Crippen molar-refractivity contribution in [2.24, 2.45) is 0 Å². The summed E-state index contributed by atoms with van der Waals surface area (Å²) in [5.74, 6) is 4.12. The summed E-state index contributed by atoms with van der Waals surface area (Å²) in [6, 6.07) is 21.7. The molecule has 15 heteroatoms. The lowest BCUT2D eigenvalue weighted by Crippen LogP contribution is -2.51. The van der Waals surface area contributed by atoms with Gasteiger partial charge in [0.05, 0.1) is 126 Å². The second-order valence-corrected chi connectivity index (χ2v) is 21.6. The Morgan fingerprint density at radius 3 is 1.09 bits per heavy atom. The van der Waals surface area contributed by atoms with E-state index in [4.69, 9.17) is 37.9 Å². The van der Waals surface area contributed by atoms with Crippen LogP contribution in [0, 0.1) is 0 Å². The van der Waals surface area contributed by atoms with Gasteiger partial charge in [0.15, 0.2) is 0 Å². The molecule has 0 spiro atoms. The molecule has 0 saturated carbocycles. The quantitative estimate of drug-likeness (QED) is 0.0857. The highest BCUT2D eigenvalue weighted by atomic mass is 32.2. The van der Waals surface area contributed by atoms with Crippen LogP contribution in [0.15, 0.2) is 95.4 Å². The molecule has 0 amide bonds. The van der Waals surface area contributed by atoms with E-state index in [-0.39, 0.29) is 9.79 Å². The summed E-state index contributed by atoms with van der Waals surface area (Å²) in [4.78, 5) is 0.335. The van der Waals surface area contributed by atoms with Crippen LogP contribution < -0.4 is 18.9 Å². The van der Waals surface area contributed by atoms with E-state index >= 15 is 0 Å². The zero-order valence-corrected chi connectivity index (χ0v) is 40.5. The molecule has 0 N–H and O–H groups in total. The largest absolute Gasteiger partial charge is 0.496 e. The maximum Gasteiger partial charge on any atom is 0.206 e. The van der Waals surface area contributed by atoms with Crippen molar-refractivity contribution < 1.29 is 64.2 Å². The normalized spacial score (nSPS) is 20.2. The van der Waals surface area contributed by atoms with E-state index in [1.165, 1.54) is 6.26 Å². The molecule has 4 aromatic carbocycles. The molecule has 8 rings (SSSR count). The van der Waals surface area contributed by atoms with Crippen molar-refractivity contribution in [2.45, 2.75) is 36.0 Å². The van der Waals surface area contributed by atoms with Crippen LogP contribution in [0.2, 0.25) is 0 Å². The molecule has 0 bridgehead atoms. The second kappa shape index (κ2) is 20.4. The molecule has 4 saturated heterocycles. The number of hydrogen-bond donors (Lipinski definition) is 0. The van der Waals surface area contributed by atoms with E-state index in [2.05, 4.69) is 59.0 Å². The zero-order valence-electron chi connectivity index (χ0n) is 39.6. The van der Waals surface area contributed by atoms with Crippen LogP contribution in [0.4, 0.5) is 0 Å². The number of sulfone groups is 1. The van der Waals surface area contributed by atoms with E-state index in [9.17, 15) is 8.42 Å². The number of ether oxygens (including phenoxy) is 8. The summed E-state index contributed by atoms with van der Waals surface area (Å²) in [6.45, 7) is 19.6. The molecule has 4 fully saturated rings. The summed E-state index contributed by atoms with van der Waals surface area (Å²) in [5.41, 5.74) is 4.09. The number of benzene rings is 4. The lowest BCUT2D eigenvalue weighted by Gasteiger charge is -2.39. The van der Waals surface area contributed by atoms with E-state index in [1.54, 1.807) is 55.6 Å². The van der Waals surface area contributed by atoms with E-state index < -0.39 is 9.84 Å². The SMILES string of the molecule is C=COc1cc(C[N+]2(C)CCOCC2)c(Oc2ccc(S(=O)(=O)c3ccc(Oc4cc(C[N+]5(C)CCOCC5)c(OC)cc4C[N+]4(C)CCOCC4)cc3)cc2)cc1C[N+]1(C)CCOCC1. The van der Waals surface area contributed by atoms with Crippen LogP contribution in [0.5, 0.6) is 34.5 Å². The molecule has 14 nitrogen and oxygen atoms in total. The Morgan fingerprint density at radius 1 is 0.485 bits per heavy atom. The second-order valence-electron chi connectivity index (χ2n) is 19.6. The number of likely N-dealkylation sites (N-methyl/N-ethyl adjacent to an activating group) is 4. The van der Waals surface area contributed by atoms with Gasteiger partial charge in [-0.25, -0.2) is 8.42 Å². The molecular weight excluding hydrogens is 861 g/mol. The maximum atomic E-state index is 14.1. The van der Waals surface area contributed by atoms with Gasteiger partial charge >= 0.3 is 0 Å². The first-order valence-corrected chi connectivity index (χ1v) is 24.8. The zero-order chi connectivity index (χ0) is 46.4. The van der Waals surface area contributed by atoms with Crippen molar-refractivity contribution in [1.82, 2.24) is 0 Å². The monoisotopic (exact) mass is 930 g/mol. The number of hydrogen-bond acceptors (Lipinski definition) is 10. The van der Waals surface area contributed by atoms with E-state index in [0.717, 1.165) is 143 Å². The number of rotatable bonds is 17. The molecule has 4 aliphatic rings. The fourth-order valence-electron chi connectivity index (χ4n) is 9.54. The molecule has 356 valence electrons. The van der Waals surface area contributed by atoms with E-state index in [1.807, 2.05) is 0 Å². The minimum Gasteiger partial charge on any atom is -0.496 e. The van der Waals surface area contributed by atoms with Crippen molar-refractivity contribution in [2.75, 3.05) is 141 Å². The van der Waals surface area contributed by atoms with Gasteiger partial charge < -0.3 is 55.8 Å². The molecule has 4 aliphatic heterocycles. The number of methoxy groups -OCH3 is 1. The molecule has 0 atom stereocenters. The highest BCUT2D eigenvalue weighted by molar-refractivity contribution is 7.91. The average molecular weight is 931 g/mol. The lowest BCUT2D eigenvalue weighted by molar-refractivity contribution is -0.929. The Hall–Kier alpha value is -4.55. The third-order valence-corrected chi connectivity index (χ3v) is 15.8. The molecular formula is C51H70N4O10S+4. The van der Waals surface area contributed by atoms with Crippen molar-refractivity contribution in [3.63, 3.8) is 0 Å². The van der Waals surface area contributed by atoms with Crippen LogP contribution >= 0.6 is 0 Å². The minimum absolute atomic E-state index is 0.166. The summed E-state index contributed by atoms with van der Waals surface area (Å²) >= 11 is 0. The van der Waals surface area contributed by atoms with Crippen LogP contribution in [0.1, 0.15) is 22.3 Å². The fourth-order valence-corrected chi connectivity index (χ4v) is 10.8. The third-order valence-electron chi connectivity index (χ3n) is 14.1. The van der Waals surface area contributed by atoms with Gasteiger partial charge in [0.25, 0.3) is 0 Å². The highest BCUT2D eigenvalue weighted by Gasteiger charge is 2.33. The number of quaternary nitrogens is 4. The van der Waals surface area contributed by atoms with Crippen molar-refractivity contribution >= 4 is 9.84 Å². The summed E-state index contributed by atoms with van der Waals surface area (Å²) < 4.78 is 79.7. The average Bonchev–Trinajstić information content (AvgIpc) is 3.29. The van der Waals surface area contributed by atoms with Gasteiger partial charge in [-0.15, -0.1) is 0 Å². The van der Waals surface area contributed by atoms with Gasteiger partial charge in [0.1, 0.15) is 113 Å². The standard InChI is InChI=1S/C51H70N4O10S/c1-7-63-49-33-43(39-55(5)22-30-62-31-23-55)51(35-41(49)37-53(3)18-26-60-27-19-53)65-45-10-14-47(15-11-45)66(56,57)46-12-8-44(9-13-46)64-50-34-40(36-52(2)16-24-59-25-17-52)48(58-6)32-42(50)38-54(4)20-28-61-29-21-54/h7-15,32-35H,1,16-31,36-39H2,2-6H3/q+4. The molecule has 4 aromatic rings. The first-order chi connectivity index (χ1) is 31.7. The third kappa shape index (κ3) is 11.6. The maximum absolute atomic E-state index is 14.1. The molecule has 4 heterocycles. The Labute approximate surface area is 391 Å². The predicted molar refractivity (Wildman–Crippen MR) is 251 cm³/mol. The van der Waals surface area contributed by atoms with Gasteiger partial charge in [-0.2, -0.15) is 0 Å². The summed E-state index contributed by atoms with van der Waals surface area (Å²) in [7, 11) is 6.83. The Kier molecular flexibility index (Phi) is 14.8. The Bertz CT molecular complexity index is 2400. The van der Waals surface area contributed by atoms with Crippen LogP contribution in [0.3, 0.4) is 0 Å². The van der Waals surface area contributed by atoms with Gasteiger partial charge in [-0.3, -0.25) is 0 Å².